The van der Waals surface area contributed by atoms with Crippen LogP contribution in [0.5, 0.6) is 0 Å². The lowest BCUT2D eigenvalue weighted by Gasteiger charge is -2.27. The zero-order valence-electron chi connectivity index (χ0n) is 12.6. The summed E-state index contributed by atoms with van der Waals surface area (Å²) in [6, 6.07) is 3.74. The van der Waals surface area contributed by atoms with Gasteiger partial charge >= 0.3 is 0 Å². The van der Waals surface area contributed by atoms with E-state index >= 15 is 0 Å². The summed E-state index contributed by atoms with van der Waals surface area (Å²) in [7, 11) is 0. The molecular formula is C15H16N4O2S2. The van der Waals surface area contributed by atoms with Crippen LogP contribution in [0.15, 0.2) is 29.9 Å². The number of carbonyl (C=O) groups excluding carboxylic acids is 2. The maximum absolute atomic E-state index is 12.7. The fraction of sp³-hybridized carbons (Fsp3) is 0.333. The molecule has 0 atom stereocenters. The smallest absolute Gasteiger partial charge is 0.272 e. The average Bonchev–Trinajstić information content (AvgIpc) is 3.25. The summed E-state index contributed by atoms with van der Waals surface area (Å²) in [5.41, 5.74) is 1.26. The SMILES string of the molecule is CSCC(=O)N1CCCN1C(=O)c1csc(-c2cccnc2)n1. The van der Waals surface area contributed by atoms with Crippen molar-refractivity contribution >= 4 is 34.9 Å². The zero-order valence-corrected chi connectivity index (χ0v) is 14.3. The standard InChI is InChI=1S/C15H16N4O2S2/c1-22-10-13(20)18-6-3-7-19(18)15(21)12-9-23-14(17-12)11-4-2-5-16-8-11/h2,4-5,8-9H,3,6-7,10H2,1H3. The van der Waals surface area contributed by atoms with Crippen LogP contribution in [0.3, 0.4) is 0 Å². The molecule has 0 radical (unpaired) electrons. The summed E-state index contributed by atoms with van der Waals surface area (Å²) >= 11 is 2.86. The van der Waals surface area contributed by atoms with Crippen molar-refractivity contribution in [2.45, 2.75) is 6.42 Å². The topological polar surface area (TPSA) is 66.4 Å². The first-order chi connectivity index (χ1) is 11.2. The number of aromatic nitrogens is 2. The van der Waals surface area contributed by atoms with Crippen LogP contribution in [0.1, 0.15) is 16.9 Å². The number of nitrogens with zero attached hydrogens (tertiary/aromatic N) is 4. The van der Waals surface area contributed by atoms with Crippen LogP contribution in [-0.4, -0.2) is 56.9 Å². The van der Waals surface area contributed by atoms with E-state index in [9.17, 15) is 9.59 Å². The highest BCUT2D eigenvalue weighted by atomic mass is 32.2. The van der Waals surface area contributed by atoms with Crippen molar-refractivity contribution in [3.8, 4) is 10.6 Å². The summed E-state index contributed by atoms with van der Waals surface area (Å²) in [6.07, 6.45) is 6.09. The number of hydrogen-bond acceptors (Lipinski definition) is 6. The van der Waals surface area contributed by atoms with Crippen molar-refractivity contribution in [1.29, 1.82) is 0 Å². The quantitative estimate of drug-likeness (QED) is 0.847. The summed E-state index contributed by atoms with van der Waals surface area (Å²) in [5.74, 6) is 0.122. The Hall–Kier alpha value is -1.93. The highest BCUT2D eigenvalue weighted by molar-refractivity contribution is 7.99. The molecule has 0 aliphatic carbocycles. The Morgan fingerprint density at radius 2 is 2.17 bits per heavy atom. The Morgan fingerprint density at radius 3 is 2.91 bits per heavy atom. The maximum Gasteiger partial charge on any atom is 0.291 e. The molecule has 0 N–H and O–H groups in total. The van der Waals surface area contributed by atoms with Crippen LogP contribution >= 0.6 is 23.1 Å². The molecule has 1 aliphatic rings. The first-order valence-corrected chi connectivity index (χ1v) is 9.45. The molecule has 2 aromatic rings. The molecule has 8 heteroatoms. The van der Waals surface area contributed by atoms with Gasteiger partial charge in [-0.05, 0) is 24.8 Å². The molecular weight excluding hydrogens is 332 g/mol. The Labute approximate surface area is 142 Å². The van der Waals surface area contributed by atoms with Gasteiger partial charge in [-0.3, -0.25) is 19.6 Å². The molecule has 3 heterocycles. The molecule has 0 bridgehead atoms. The van der Waals surface area contributed by atoms with Crippen molar-refractivity contribution in [3.05, 3.63) is 35.6 Å². The highest BCUT2D eigenvalue weighted by Crippen LogP contribution is 2.24. The molecule has 6 nitrogen and oxygen atoms in total. The fourth-order valence-corrected chi connectivity index (χ4v) is 3.59. The molecule has 2 aromatic heterocycles. The second-order valence-corrected chi connectivity index (χ2v) is 6.74. The van der Waals surface area contributed by atoms with Crippen LogP contribution < -0.4 is 0 Å². The molecule has 3 rings (SSSR count). The molecule has 120 valence electrons. The third-order valence-electron chi connectivity index (χ3n) is 3.45. The maximum atomic E-state index is 12.7. The molecule has 0 aromatic carbocycles. The van der Waals surface area contributed by atoms with Gasteiger partial charge in [-0.2, -0.15) is 11.8 Å². The minimum absolute atomic E-state index is 0.0361. The minimum Gasteiger partial charge on any atom is -0.272 e. The average molecular weight is 348 g/mol. The second-order valence-electron chi connectivity index (χ2n) is 5.01. The molecule has 2 amide bonds. The van der Waals surface area contributed by atoms with Gasteiger partial charge in [0.25, 0.3) is 11.8 Å². The predicted octanol–water partition coefficient (Wildman–Crippen LogP) is 2.16. The molecule has 1 aliphatic heterocycles. The third-order valence-corrected chi connectivity index (χ3v) is 4.88. The number of thioether (sulfide) groups is 1. The lowest BCUT2D eigenvalue weighted by Crippen LogP contribution is -2.45. The van der Waals surface area contributed by atoms with E-state index in [0.29, 0.717) is 24.5 Å². The largest absolute Gasteiger partial charge is 0.291 e. The van der Waals surface area contributed by atoms with Gasteiger partial charge in [0.2, 0.25) is 0 Å². The van der Waals surface area contributed by atoms with Crippen LogP contribution in [0.25, 0.3) is 10.6 Å². The summed E-state index contributed by atoms with van der Waals surface area (Å²) in [6.45, 7) is 1.14. The molecule has 23 heavy (non-hydrogen) atoms. The lowest BCUT2D eigenvalue weighted by atomic mass is 10.3. The van der Waals surface area contributed by atoms with Crippen LogP contribution in [0.2, 0.25) is 0 Å². The van der Waals surface area contributed by atoms with E-state index in [0.717, 1.165) is 17.0 Å². The molecule has 0 unspecified atom stereocenters. The normalized spacial score (nSPS) is 14.3. The Morgan fingerprint density at radius 1 is 1.35 bits per heavy atom. The predicted molar refractivity (Wildman–Crippen MR) is 91.1 cm³/mol. The van der Waals surface area contributed by atoms with E-state index in [1.54, 1.807) is 22.8 Å². The number of amides is 2. The summed E-state index contributed by atoms with van der Waals surface area (Å²) in [5, 5.41) is 5.55. The van der Waals surface area contributed by atoms with Gasteiger partial charge in [-0.25, -0.2) is 9.99 Å². The molecule has 1 saturated heterocycles. The van der Waals surface area contributed by atoms with Crippen LogP contribution in [0, 0.1) is 0 Å². The summed E-state index contributed by atoms with van der Waals surface area (Å²) < 4.78 is 0. The second kappa shape index (κ2) is 7.10. The van der Waals surface area contributed by atoms with Crippen molar-refractivity contribution < 1.29 is 9.59 Å². The van der Waals surface area contributed by atoms with E-state index in [1.165, 1.54) is 28.1 Å². The first kappa shape index (κ1) is 15.9. The number of rotatable bonds is 4. The van der Waals surface area contributed by atoms with Gasteiger partial charge in [0.05, 0.1) is 5.75 Å². The van der Waals surface area contributed by atoms with E-state index in [4.69, 9.17) is 0 Å². The van der Waals surface area contributed by atoms with E-state index < -0.39 is 0 Å². The zero-order chi connectivity index (χ0) is 16.2. The third kappa shape index (κ3) is 3.37. The van der Waals surface area contributed by atoms with Gasteiger partial charge in [-0.1, -0.05) is 0 Å². The molecule has 0 spiro atoms. The van der Waals surface area contributed by atoms with Gasteiger partial charge < -0.3 is 0 Å². The molecule has 1 fully saturated rings. The van der Waals surface area contributed by atoms with Crippen LogP contribution in [0.4, 0.5) is 0 Å². The van der Waals surface area contributed by atoms with E-state index in [1.807, 2.05) is 18.4 Å². The summed E-state index contributed by atoms with van der Waals surface area (Å²) in [4.78, 5) is 33.2. The van der Waals surface area contributed by atoms with Crippen molar-refractivity contribution in [2.75, 3.05) is 25.1 Å². The Balaban J connectivity index is 1.78. The number of hydrogen-bond donors (Lipinski definition) is 0. The number of pyridine rings is 1. The lowest BCUT2D eigenvalue weighted by molar-refractivity contribution is -0.137. The fourth-order valence-electron chi connectivity index (χ4n) is 2.41. The number of thiazole rings is 1. The number of carbonyl (C=O) groups is 2. The minimum atomic E-state index is -0.219. The first-order valence-electron chi connectivity index (χ1n) is 7.17. The van der Waals surface area contributed by atoms with Crippen LogP contribution in [-0.2, 0) is 4.79 Å². The van der Waals surface area contributed by atoms with E-state index in [-0.39, 0.29) is 11.8 Å². The van der Waals surface area contributed by atoms with Gasteiger partial charge in [0, 0.05) is 36.4 Å². The van der Waals surface area contributed by atoms with E-state index in [2.05, 4.69) is 9.97 Å². The van der Waals surface area contributed by atoms with Crippen molar-refractivity contribution in [3.63, 3.8) is 0 Å². The number of hydrazine groups is 1. The van der Waals surface area contributed by atoms with Crippen molar-refractivity contribution in [2.24, 2.45) is 0 Å². The highest BCUT2D eigenvalue weighted by Gasteiger charge is 2.32. The van der Waals surface area contributed by atoms with Gasteiger partial charge in [0.1, 0.15) is 10.7 Å². The Kier molecular flexibility index (Phi) is 4.92. The van der Waals surface area contributed by atoms with Crippen molar-refractivity contribution in [1.82, 2.24) is 20.0 Å². The Bertz CT molecular complexity index is 705. The van der Waals surface area contributed by atoms with Gasteiger partial charge in [-0.15, -0.1) is 11.3 Å². The molecule has 0 saturated carbocycles. The monoisotopic (exact) mass is 348 g/mol. The van der Waals surface area contributed by atoms with Gasteiger partial charge in [0.15, 0.2) is 0 Å².